The lowest BCUT2D eigenvalue weighted by molar-refractivity contribution is 0.375. The summed E-state index contributed by atoms with van der Waals surface area (Å²) in [5, 5.41) is 0. The molecule has 0 fully saturated rings. The Labute approximate surface area is 163 Å². The Kier molecular flexibility index (Phi) is 5.41. The van der Waals surface area contributed by atoms with Crippen molar-refractivity contribution in [1.82, 2.24) is 0 Å². The Morgan fingerprint density at radius 1 is 1.22 bits per heavy atom. The SMILES string of the molecule is CCCN1c2cc(F)c(C=Nc3cc(C)ccc3C)cc2C(C)CC1(C)C. The second-order valence-electron chi connectivity index (χ2n) is 8.55. The van der Waals surface area contributed by atoms with Crippen molar-refractivity contribution in [1.29, 1.82) is 0 Å². The fourth-order valence-corrected chi connectivity index (χ4v) is 4.26. The Balaban J connectivity index is 2.02. The molecule has 0 aliphatic carbocycles. The van der Waals surface area contributed by atoms with Gasteiger partial charge in [-0.3, -0.25) is 4.99 Å². The van der Waals surface area contributed by atoms with Gasteiger partial charge in [-0.05, 0) is 81.3 Å². The number of nitrogens with zero attached hydrogens (tertiary/aromatic N) is 2. The molecule has 1 atom stereocenters. The number of halogens is 1. The normalized spacial score (nSPS) is 18.8. The van der Waals surface area contributed by atoms with Gasteiger partial charge in [0.15, 0.2) is 0 Å². The van der Waals surface area contributed by atoms with E-state index >= 15 is 0 Å². The van der Waals surface area contributed by atoms with Gasteiger partial charge in [-0.1, -0.05) is 26.0 Å². The maximum absolute atomic E-state index is 14.9. The predicted octanol–water partition coefficient (Wildman–Crippen LogP) is 6.70. The monoisotopic (exact) mass is 366 g/mol. The number of fused-ring (bicyclic) bond motifs is 1. The minimum Gasteiger partial charge on any atom is -0.366 e. The average molecular weight is 367 g/mol. The van der Waals surface area contributed by atoms with Gasteiger partial charge in [-0.2, -0.15) is 0 Å². The van der Waals surface area contributed by atoms with E-state index in [1.54, 1.807) is 12.3 Å². The summed E-state index contributed by atoms with van der Waals surface area (Å²) in [5.41, 5.74) is 6.03. The molecule has 3 heteroatoms. The Morgan fingerprint density at radius 2 is 1.96 bits per heavy atom. The van der Waals surface area contributed by atoms with E-state index in [-0.39, 0.29) is 11.4 Å². The standard InChI is InChI=1S/C24H31FN2/c1-7-10-27-23-13-21(25)19(12-20(23)18(4)14-24(27,5)6)15-26-22-11-16(2)8-9-17(22)3/h8-9,11-13,15,18H,7,10,14H2,1-6H3. The van der Waals surface area contributed by atoms with E-state index in [0.717, 1.165) is 41.9 Å². The van der Waals surface area contributed by atoms with Crippen LogP contribution in [0, 0.1) is 19.7 Å². The minimum atomic E-state index is -0.200. The highest BCUT2D eigenvalue weighted by molar-refractivity contribution is 5.84. The second kappa shape index (κ2) is 7.46. The molecule has 1 unspecified atom stereocenters. The summed E-state index contributed by atoms with van der Waals surface area (Å²) in [5.74, 6) is 0.199. The predicted molar refractivity (Wildman–Crippen MR) is 114 cm³/mol. The molecule has 1 aliphatic heterocycles. The summed E-state index contributed by atoms with van der Waals surface area (Å²) in [6.45, 7) is 14.0. The van der Waals surface area contributed by atoms with E-state index in [0.29, 0.717) is 11.5 Å². The van der Waals surface area contributed by atoms with Crippen LogP contribution in [0.15, 0.2) is 35.3 Å². The number of rotatable bonds is 4. The molecule has 2 aromatic carbocycles. The molecule has 2 nitrogen and oxygen atoms in total. The minimum absolute atomic E-state index is 0.0448. The molecule has 1 aliphatic rings. The number of aryl methyl sites for hydroxylation is 2. The first-order valence-corrected chi connectivity index (χ1v) is 9.95. The largest absolute Gasteiger partial charge is 0.366 e. The Hall–Kier alpha value is -2.16. The molecule has 0 saturated heterocycles. The van der Waals surface area contributed by atoms with Crippen molar-refractivity contribution in [3.8, 4) is 0 Å². The zero-order valence-corrected chi connectivity index (χ0v) is 17.4. The number of hydrogen-bond acceptors (Lipinski definition) is 2. The lowest BCUT2D eigenvalue weighted by Crippen LogP contribution is -2.48. The van der Waals surface area contributed by atoms with Crippen molar-refractivity contribution >= 4 is 17.6 Å². The highest BCUT2D eigenvalue weighted by Gasteiger charge is 2.36. The van der Waals surface area contributed by atoms with Gasteiger partial charge < -0.3 is 4.90 Å². The van der Waals surface area contributed by atoms with Crippen LogP contribution in [0.2, 0.25) is 0 Å². The summed E-state index contributed by atoms with van der Waals surface area (Å²) in [6.07, 6.45) is 3.79. The Morgan fingerprint density at radius 3 is 2.67 bits per heavy atom. The molecular weight excluding hydrogens is 335 g/mol. The molecule has 0 N–H and O–H groups in total. The fraction of sp³-hybridized carbons (Fsp3) is 0.458. The molecular formula is C24H31FN2. The van der Waals surface area contributed by atoms with Gasteiger partial charge in [0.05, 0.1) is 5.69 Å². The van der Waals surface area contributed by atoms with Crippen molar-refractivity contribution < 1.29 is 4.39 Å². The highest BCUT2D eigenvalue weighted by Crippen LogP contribution is 2.44. The van der Waals surface area contributed by atoms with E-state index in [1.807, 2.05) is 26.0 Å². The van der Waals surface area contributed by atoms with E-state index in [1.165, 1.54) is 5.56 Å². The average Bonchev–Trinajstić information content (AvgIpc) is 2.59. The number of benzene rings is 2. The van der Waals surface area contributed by atoms with E-state index in [4.69, 9.17) is 0 Å². The summed E-state index contributed by atoms with van der Waals surface area (Å²) in [7, 11) is 0. The summed E-state index contributed by atoms with van der Waals surface area (Å²) in [4.78, 5) is 6.95. The van der Waals surface area contributed by atoms with E-state index in [9.17, 15) is 4.39 Å². The molecule has 0 bridgehead atoms. The van der Waals surface area contributed by atoms with Crippen molar-refractivity contribution in [3.63, 3.8) is 0 Å². The van der Waals surface area contributed by atoms with Crippen molar-refractivity contribution in [2.45, 2.75) is 65.8 Å². The Bertz CT molecular complexity index is 867. The summed E-state index contributed by atoms with van der Waals surface area (Å²) >= 11 is 0. The van der Waals surface area contributed by atoms with Crippen LogP contribution >= 0.6 is 0 Å². The maximum Gasteiger partial charge on any atom is 0.134 e. The van der Waals surface area contributed by atoms with Gasteiger partial charge in [-0.25, -0.2) is 4.39 Å². The molecule has 3 rings (SSSR count). The van der Waals surface area contributed by atoms with Crippen LogP contribution in [0.4, 0.5) is 15.8 Å². The van der Waals surface area contributed by atoms with Crippen molar-refractivity contribution in [2.24, 2.45) is 4.99 Å². The number of aliphatic imine (C=N–C) groups is 1. The lowest BCUT2D eigenvalue weighted by Gasteiger charge is -2.47. The van der Waals surface area contributed by atoms with Crippen LogP contribution in [-0.4, -0.2) is 18.3 Å². The van der Waals surface area contributed by atoms with Crippen LogP contribution in [0.1, 0.15) is 68.7 Å². The van der Waals surface area contributed by atoms with Crippen molar-refractivity contribution in [2.75, 3.05) is 11.4 Å². The fourth-order valence-electron chi connectivity index (χ4n) is 4.26. The second-order valence-corrected chi connectivity index (χ2v) is 8.55. The highest BCUT2D eigenvalue weighted by atomic mass is 19.1. The van der Waals surface area contributed by atoms with Crippen molar-refractivity contribution in [3.05, 3.63) is 58.4 Å². The third-order valence-electron chi connectivity index (χ3n) is 5.66. The zero-order valence-electron chi connectivity index (χ0n) is 17.4. The molecule has 144 valence electrons. The van der Waals surface area contributed by atoms with Gasteiger partial charge >= 0.3 is 0 Å². The van der Waals surface area contributed by atoms with Gasteiger partial charge in [0.1, 0.15) is 5.82 Å². The molecule has 0 spiro atoms. The van der Waals surface area contributed by atoms with Crippen LogP contribution in [0.5, 0.6) is 0 Å². The zero-order chi connectivity index (χ0) is 19.8. The first-order valence-electron chi connectivity index (χ1n) is 9.95. The molecule has 27 heavy (non-hydrogen) atoms. The van der Waals surface area contributed by atoms with Crippen LogP contribution < -0.4 is 4.90 Å². The van der Waals surface area contributed by atoms with Crippen LogP contribution in [0.25, 0.3) is 0 Å². The molecule has 1 heterocycles. The number of hydrogen-bond donors (Lipinski definition) is 0. The molecule has 0 saturated carbocycles. The number of anilines is 1. The topological polar surface area (TPSA) is 15.6 Å². The molecule has 2 aromatic rings. The van der Waals surface area contributed by atoms with E-state index < -0.39 is 0 Å². The maximum atomic E-state index is 14.9. The smallest absolute Gasteiger partial charge is 0.134 e. The van der Waals surface area contributed by atoms with E-state index in [2.05, 4.69) is 49.7 Å². The van der Waals surface area contributed by atoms with Gasteiger partial charge in [0.25, 0.3) is 0 Å². The quantitative estimate of drug-likeness (QED) is 0.550. The molecule has 0 radical (unpaired) electrons. The van der Waals surface area contributed by atoms with Gasteiger partial charge in [0.2, 0.25) is 0 Å². The lowest BCUT2D eigenvalue weighted by atomic mass is 9.79. The van der Waals surface area contributed by atoms with Gasteiger partial charge in [0, 0.05) is 29.5 Å². The third-order valence-corrected chi connectivity index (χ3v) is 5.66. The first-order chi connectivity index (χ1) is 12.7. The summed E-state index contributed by atoms with van der Waals surface area (Å²) in [6, 6.07) is 9.88. The van der Waals surface area contributed by atoms with Crippen LogP contribution in [-0.2, 0) is 0 Å². The first kappa shape index (κ1) is 19.6. The third kappa shape index (κ3) is 3.92. The summed E-state index contributed by atoms with van der Waals surface area (Å²) < 4.78 is 14.9. The molecule has 0 amide bonds. The van der Waals surface area contributed by atoms with Gasteiger partial charge in [-0.15, -0.1) is 0 Å². The molecule has 0 aromatic heterocycles. The van der Waals surface area contributed by atoms with Crippen LogP contribution in [0.3, 0.4) is 0 Å².